The van der Waals surface area contributed by atoms with Gasteiger partial charge in [-0.1, -0.05) is 43.3 Å². The summed E-state index contributed by atoms with van der Waals surface area (Å²) in [4.78, 5) is 35.7. The van der Waals surface area contributed by atoms with Gasteiger partial charge in [0.15, 0.2) is 0 Å². The molecule has 26 heavy (non-hydrogen) atoms. The molecule has 6 nitrogen and oxygen atoms in total. The predicted octanol–water partition coefficient (Wildman–Crippen LogP) is 2.81. The van der Waals surface area contributed by atoms with Gasteiger partial charge in [-0.15, -0.1) is 0 Å². The molecule has 2 aromatic rings. The molecule has 0 bridgehead atoms. The van der Waals surface area contributed by atoms with Crippen LogP contribution >= 0.6 is 0 Å². The molecule has 6 heteroatoms. The zero-order valence-electron chi connectivity index (χ0n) is 14.8. The fraction of sp³-hybridized carbons (Fsp3) is 0.250. The Bertz CT molecular complexity index is 804. The number of amides is 2. The first-order valence-corrected chi connectivity index (χ1v) is 8.34. The molecular weight excluding hydrogens is 332 g/mol. The number of hydrogen-bond acceptors (Lipinski definition) is 3. The maximum atomic E-state index is 12.4. The van der Waals surface area contributed by atoms with Gasteiger partial charge in [0.2, 0.25) is 5.91 Å². The second kappa shape index (κ2) is 8.29. The number of nitrogens with one attached hydrogen (secondary N) is 2. The van der Waals surface area contributed by atoms with Crippen molar-refractivity contribution in [2.24, 2.45) is 0 Å². The molecule has 3 N–H and O–H groups in total. The van der Waals surface area contributed by atoms with Gasteiger partial charge < -0.3 is 15.7 Å². The van der Waals surface area contributed by atoms with E-state index in [0.29, 0.717) is 23.2 Å². The number of benzene rings is 2. The van der Waals surface area contributed by atoms with Crippen LogP contribution in [0.15, 0.2) is 54.6 Å². The first-order chi connectivity index (χ1) is 12.4. The van der Waals surface area contributed by atoms with Crippen LogP contribution < -0.4 is 10.6 Å². The SMILES string of the molecule is CCC(=O)Nc1cccc(C(=O)NCC(C)(C(=O)O)c2ccccc2)c1. The van der Waals surface area contributed by atoms with E-state index < -0.39 is 17.3 Å². The highest BCUT2D eigenvalue weighted by Crippen LogP contribution is 2.23. The monoisotopic (exact) mass is 354 g/mol. The molecule has 0 radical (unpaired) electrons. The highest BCUT2D eigenvalue weighted by atomic mass is 16.4. The van der Waals surface area contributed by atoms with Crippen LogP contribution in [0.25, 0.3) is 0 Å². The summed E-state index contributed by atoms with van der Waals surface area (Å²) in [6.45, 7) is 3.25. The number of aliphatic carboxylic acids is 1. The zero-order valence-corrected chi connectivity index (χ0v) is 14.8. The van der Waals surface area contributed by atoms with Crippen molar-refractivity contribution in [2.75, 3.05) is 11.9 Å². The molecule has 1 unspecified atom stereocenters. The molecule has 2 amide bonds. The summed E-state index contributed by atoms with van der Waals surface area (Å²) < 4.78 is 0. The summed E-state index contributed by atoms with van der Waals surface area (Å²) in [6, 6.07) is 15.3. The number of carbonyl (C=O) groups is 3. The minimum Gasteiger partial charge on any atom is -0.481 e. The second-order valence-corrected chi connectivity index (χ2v) is 6.17. The third kappa shape index (κ3) is 4.47. The Balaban J connectivity index is 2.13. The molecule has 0 aliphatic rings. The van der Waals surface area contributed by atoms with Gasteiger partial charge in [-0.25, -0.2) is 0 Å². The van der Waals surface area contributed by atoms with Crippen molar-refractivity contribution in [3.05, 3.63) is 65.7 Å². The molecular formula is C20H22N2O4. The van der Waals surface area contributed by atoms with Crippen LogP contribution in [0, 0.1) is 0 Å². The first kappa shape index (κ1) is 19.2. The van der Waals surface area contributed by atoms with Gasteiger partial charge in [-0.2, -0.15) is 0 Å². The average Bonchev–Trinajstić information content (AvgIpc) is 2.66. The maximum Gasteiger partial charge on any atom is 0.315 e. The average molecular weight is 354 g/mol. The second-order valence-electron chi connectivity index (χ2n) is 6.17. The molecule has 0 heterocycles. The Kier molecular flexibility index (Phi) is 6.11. The summed E-state index contributed by atoms with van der Waals surface area (Å²) in [5, 5.41) is 15.0. The minimum atomic E-state index is -1.25. The van der Waals surface area contributed by atoms with Crippen molar-refractivity contribution < 1.29 is 19.5 Å². The molecule has 0 aliphatic carbocycles. The summed E-state index contributed by atoms with van der Waals surface area (Å²) in [5.74, 6) is -1.57. The molecule has 2 aromatic carbocycles. The summed E-state index contributed by atoms with van der Waals surface area (Å²) in [6.07, 6.45) is 0.338. The van der Waals surface area contributed by atoms with E-state index in [1.54, 1.807) is 68.4 Å². The lowest BCUT2D eigenvalue weighted by molar-refractivity contribution is -0.143. The van der Waals surface area contributed by atoms with Gasteiger partial charge >= 0.3 is 5.97 Å². The van der Waals surface area contributed by atoms with E-state index in [4.69, 9.17) is 0 Å². The molecule has 0 saturated heterocycles. The largest absolute Gasteiger partial charge is 0.481 e. The van der Waals surface area contributed by atoms with Crippen LogP contribution in [-0.4, -0.2) is 29.4 Å². The third-order valence-electron chi connectivity index (χ3n) is 4.22. The molecule has 136 valence electrons. The van der Waals surface area contributed by atoms with E-state index in [1.807, 2.05) is 0 Å². The molecule has 0 aliphatic heterocycles. The Morgan fingerprint density at radius 3 is 2.35 bits per heavy atom. The van der Waals surface area contributed by atoms with E-state index in [2.05, 4.69) is 10.6 Å². The summed E-state index contributed by atoms with van der Waals surface area (Å²) in [7, 11) is 0. The van der Waals surface area contributed by atoms with E-state index in [0.717, 1.165) is 0 Å². The van der Waals surface area contributed by atoms with Crippen molar-refractivity contribution in [3.63, 3.8) is 0 Å². The Morgan fingerprint density at radius 2 is 1.73 bits per heavy atom. The van der Waals surface area contributed by atoms with Crippen molar-refractivity contribution >= 4 is 23.5 Å². The minimum absolute atomic E-state index is 0.0588. The number of anilines is 1. The fourth-order valence-electron chi connectivity index (χ4n) is 2.45. The molecule has 0 spiro atoms. The quantitative estimate of drug-likeness (QED) is 0.712. The van der Waals surface area contributed by atoms with Crippen LogP contribution in [-0.2, 0) is 15.0 Å². The first-order valence-electron chi connectivity index (χ1n) is 8.34. The van der Waals surface area contributed by atoms with Crippen LogP contribution in [0.5, 0.6) is 0 Å². The normalized spacial score (nSPS) is 12.7. The molecule has 0 aromatic heterocycles. The standard InChI is InChI=1S/C20H22N2O4/c1-3-17(23)22-16-11-7-8-14(12-16)18(24)21-13-20(2,19(25)26)15-9-5-4-6-10-15/h4-12H,3,13H2,1-2H3,(H,21,24)(H,22,23)(H,25,26). The van der Waals surface area contributed by atoms with Crippen molar-refractivity contribution in [2.45, 2.75) is 25.7 Å². The van der Waals surface area contributed by atoms with E-state index >= 15 is 0 Å². The van der Waals surface area contributed by atoms with E-state index in [9.17, 15) is 19.5 Å². The lowest BCUT2D eigenvalue weighted by atomic mass is 9.82. The molecule has 1 atom stereocenters. The van der Waals surface area contributed by atoms with Gasteiger partial charge in [-0.3, -0.25) is 14.4 Å². The number of carbonyl (C=O) groups excluding carboxylic acids is 2. The Morgan fingerprint density at radius 1 is 1.04 bits per heavy atom. The number of carboxylic acid groups (broad SMARTS) is 1. The van der Waals surface area contributed by atoms with Crippen LogP contribution in [0.2, 0.25) is 0 Å². The van der Waals surface area contributed by atoms with Gasteiger partial charge in [0, 0.05) is 24.2 Å². The lowest BCUT2D eigenvalue weighted by Gasteiger charge is -2.25. The fourth-order valence-corrected chi connectivity index (χ4v) is 2.45. The summed E-state index contributed by atoms with van der Waals surface area (Å²) >= 11 is 0. The Hall–Kier alpha value is -3.15. The zero-order chi connectivity index (χ0) is 19.2. The van der Waals surface area contributed by atoms with Crippen LogP contribution in [0.1, 0.15) is 36.2 Å². The van der Waals surface area contributed by atoms with E-state index in [-0.39, 0.29) is 12.5 Å². The Labute approximate surface area is 152 Å². The van der Waals surface area contributed by atoms with Crippen molar-refractivity contribution in [1.82, 2.24) is 5.32 Å². The van der Waals surface area contributed by atoms with Crippen LogP contribution in [0.3, 0.4) is 0 Å². The topological polar surface area (TPSA) is 95.5 Å². The smallest absolute Gasteiger partial charge is 0.315 e. The maximum absolute atomic E-state index is 12.4. The number of carboxylic acids is 1. The summed E-state index contributed by atoms with van der Waals surface area (Å²) in [5.41, 5.74) is 0.232. The molecule has 0 fully saturated rings. The highest BCUT2D eigenvalue weighted by molar-refractivity contribution is 5.97. The van der Waals surface area contributed by atoms with Crippen LogP contribution in [0.4, 0.5) is 5.69 Å². The predicted molar refractivity (Wildman–Crippen MR) is 99.1 cm³/mol. The number of rotatable bonds is 7. The van der Waals surface area contributed by atoms with Gasteiger partial charge in [0.1, 0.15) is 5.41 Å². The van der Waals surface area contributed by atoms with Gasteiger partial charge in [-0.05, 0) is 30.7 Å². The van der Waals surface area contributed by atoms with Crippen molar-refractivity contribution in [1.29, 1.82) is 0 Å². The third-order valence-corrected chi connectivity index (χ3v) is 4.22. The molecule has 0 saturated carbocycles. The van der Waals surface area contributed by atoms with Gasteiger partial charge in [0.25, 0.3) is 5.91 Å². The van der Waals surface area contributed by atoms with E-state index in [1.165, 1.54) is 0 Å². The van der Waals surface area contributed by atoms with Crippen molar-refractivity contribution in [3.8, 4) is 0 Å². The number of hydrogen-bond donors (Lipinski definition) is 3. The lowest BCUT2D eigenvalue weighted by Crippen LogP contribution is -2.44. The molecule has 2 rings (SSSR count). The van der Waals surface area contributed by atoms with Gasteiger partial charge in [0.05, 0.1) is 0 Å². The highest BCUT2D eigenvalue weighted by Gasteiger charge is 2.35.